The first-order valence-electron chi connectivity index (χ1n) is 9.07. The fraction of sp³-hybridized carbons (Fsp3) is 0.350. The minimum Gasteiger partial charge on any atom is -0.507 e. The van der Waals surface area contributed by atoms with E-state index in [0.29, 0.717) is 44.9 Å². The van der Waals surface area contributed by atoms with Crippen LogP contribution in [0.15, 0.2) is 47.4 Å². The summed E-state index contributed by atoms with van der Waals surface area (Å²) in [5.74, 6) is -0.483. The number of carbonyl (C=O) groups excluding carboxylic acids is 2. The minimum absolute atomic E-state index is 0.0516. The number of aromatic hydroxyl groups is 1. The normalized spacial score (nSPS) is 14.2. The van der Waals surface area contributed by atoms with Crippen LogP contribution in [0.1, 0.15) is 20.7 Å². The molecular weight excluding hydrogens is 362 g/mol. The van der Waals surface area contributed by atoms with Crippen LogP contribution in [0.3, 0.4) is 0 Å². The van der Waals surface area contributed by atoms with Crippen LogP contribution in [0.5, 0.6) is 5.75 Å². The van der Waals surface area contributed by atoms with Crippen LogP contribution in [0.4, 0.5) is 0 Å². The fourth-order valence-electron chi connectivity index (χ4n) is 3.14. The molecule has 0 aliphatic carbocycles. The monoisotopic (exact) mass is 385 g/mol. The number of piperazine rings is 1. The number of amides is 2. The third-order valence-electron chi connectivity index (χ3n) is 4.76. The summed E-state index contributed by atoms with van der Waals surface area (Å²) in [6, 6.07) is 9.32. The van der Waals surface area contributed by atoms with Crippen molar-refractivity contribution in [3.05, 3.63) is 64.1 Å². The van der Waals surface area contributed by atoms with Crippen molar-refractivity contribution in [1.82, 2.24) is 14.4 Å². The van der Waals surface area contributed by atoms with Crippen molar-refractivity contribution in [1.29, 1.82) is 0 Å². The number of para-hydroxylation sites is 1. The number of aromatic nitrogens is 1. The van der Waals surface area contributed by atoms with E-state index >= 15 is 0 Å². The van der Waals surface area contributed by atoms with Gasteiger partial charge in [-0.25, -0.2) is 0 Å². The number of pyridine rings is 1. The zero-order valence-corrected chi connectivity index (χ0v) is 15.7. The Hall–Kier alpha value is -3.13. The average molecular weight is 385 g/mol. The van der Waals surface area contributed by atoms with Gasteiger partial charge in [-0.05, 0) is 18.2 Å². The van der Waals surface area contributed by atoms with E-state index in [-0.39, 0.29) is 28.7 Å². The lowest BCUT2D eigenvalue weighted by Crippen LogP contribution is -2.50. The largest absolute Gasteiger partial charge is 0.507 e. The molecule has 3 rings (SSSR count). The third-order valence-corrected chi connectivity index (χ3v) is 4.76. The smallest absolute Gasteiger partial charge is 0.257 e. The fourth-order valence-corrected chi connectivity index (χ4v) is 3.14. The molecule has 8 heteroatoms. The molecule has 1 aromatic carbocycles. The maximum absolute atomic E-state index is 12.8. The van der Waals surface area contributed by atoms with Crippen molar-refractivity contribution in [2.24, 2.45) is 0 Å². The molecule has 1 N–H and O–H groups in total. The number of phenolic OH excluding ortho intramolecular Hbond substituents is 1. The van der Waals surface area contributed by atoms with Gasteiger partial charge in [0.05, 0.1) is 17.7 Å². The van der Waals surface area contributed by atoms with Crippen LogP contribution in [0, 0.1) is 0 Å². The molecule has 28 heavy (non-hydrogen) atoms. The van der Waals surface area contributed by atoms with Gasteiger partial charge < -0.3 is 24.2 Å². The third kappa shape index (κ3) is 4.23. The number of hydrogen-bond donors (Lipinski definition) is 1. The molecule has 0 radical (unpaired) electrons. The highest BCUT2D eigenvalue weighted by molar-refractivity contribution is 5.97. The number of hydrogen-bond acceptors (Lipinski definition) is 5. The first-order valence-corrected chi connectivity index (χ1v) is 9.07. The lowest BCUT2D eigenvalue weighted by molar-refractivity contribution is 0.0533. The number of rotatable bonds is 5. The summed E-state index contributed by atoms with van der Waals surface area (Å²) in [6.07, 6.45) is 1.54. The average Bonchev–Trinajstić information content (AvgIpc) is 2.72. The van der Waals surface area contributed by atoms with Crippen molar-refractivity contribution in [2.45, 2.75) is 6.54 Å². The van der Waals surface area contributed by atoms with E-state index in [1.807, 2.05) is 0 Å². The predicted molar refractivity (Wildman–Crippen MR) is 102 cm³/mol. The van der Waals surface area contributed by atoms with Crippen molar-refractivity contribution in [2.75, 3.05) is 39.9 Å². The summed E-state index contributed by atoms with van der Waals surface area (Å²) in [4.78, 5) is 40.5. The molecule has 1 aliphatic rings. The quantitative estimate of drug-likeness (QED) is 0.822. The molecule has 2 amide bonds. The Kier molecular flexibility index (Phi) is 6.10. The second-order valence-electron chi connectivity index (χ2n) is 6.54. The number of nitrogens with zero attached hydrogens (tertiary/aromatic N) is 3. The van der Waals surface area contributed by atoms with Crippen LogP contribution in [-0.2, 0) is 11.3 Å². The van der Waals surface area contributed by atoms with E-state index in [4.69, 9.17) is 4.74 Å². The Morgan fingerprint density at radius 1 is 1.00 bits per heavy atom. The molecule has 1 fully saturated rings. The van der Waals surface area contributed by atoms with E-state index in [2.05, 4.69) is 0 Å². The zero-order valence-electron chi connectivity index (χ0n) is 15.7. The highest BCUT2D eigenvalue weighted by Gasteiger charge is 2.26. The summed E-state index contributed by atoms with van der Waals surface area (Å²) in [5.41, 5.74) is 0.496. The predicted octanol–water partition coefficient (Wildman–Crippen LogP) is 0.798. The number of benzene rings is 1. The maximum atomic E-state index is 12.8. The molecule has 2 aromatic rings. The summed E-state index contributed by atoms with van der Waals surface area (Å²) in [6.45, 7) is 2.28. The zero-order chi connectivity index (χ0) is 20.1. The summed E-state index contributed by atoms with van der Waals surface area (Å²) in [7, 11) is 1.55. The van der Waals surface area contributed by atoms with Crippen molar-refractivity contribution in [3.63, 3.8) is 0 Å². The van der Waals surface area contributed by atoms with Gasteiger partial charge in [0.15, 0.2) is 0 Å². The van der Waals surface area contributed by atoms with Crippen molar-refractivity contribution >= 4 is 11.8 Å². The number of carbonyl (C=O) groups is 2. The number of ether oxygens (including phenoxy) is 1. The molecule has 1 aromatic heterocycles. The van der Waals surface area contributed by atoms with Gasteiger partial charge in [-0.3, -0.25) is 14.4 Å². The number of methoxy groups -OCH3 is 1. The second-order valence-corrected chi connectivity index (χ2v) is 6.54. The van der Waals surface area contributed by atoms with Gasteiger partial charge >= 0.3 is 0 Å². The van der Waals surface area contributed by atoms with Gasteiger partial charge in [0.25, 0.3) is 17.4 Å². The standard InChI is InChI=1S/C20H23N3O5/c1-28-13-12-23-14-15(6-7-18(23)25)19(26)21-8-10-22(11-9-21)20(27)16-4-2-3-5-17(16)24/h2-7,14,24H,8-13H2,1H3. The lowest BCUT2D eigenvalue weighted by atomic mass is 10.1. The van der Waals surface area contributed by atoms with Crippen LogP contribution < -0.4 is 5.56 Å². The second kappa shape index (κ2) is 8.71. The molecule has 1 saturated heterocycles. The van der Waals surface area contributed by atoms with Crippen molar-refractivity contribution in [3.8, 4) is 5.75 Å². The van der Waals surface area contributed by atoms with Gasteiger partial charge in [-0.15, -0.1) is 0 Å². The van der Waals surface area contributed by atoms with Gasteiger partial charge in [0.1, 0.15) is 5.75 Å². The molecule has 2 heterocycles. The van der Waals surface area contributed by atoms with E-state index in [0.717, 1.165) is 0 Å². The first kappa shape index (κ1) is 19.6. The van der Waals surface area contributed by atoms with Gasteiger partial charge in [0, 0.05) is 52.1 Å². The van der Waals surface area contributed by atoms with E-state index in [1.54, 1.807) is 41.3 Å². The summed E-state index contributed by atoms with van der Waals surface area (Å²) < 4.78 is 6.44. The van der Waals surface area contributed by atoms with E-state index in [1.165, 1.54) is 22.8 Å². The Bertz CT molecular complexity index is 916. The molecule has 0 unspecified atom stereocenters. The van der Waals surface area contributed by atoms with E-state index < -0.39 is 0 Å². The molecule has 0 atom stereocenters. The highest BCUT2D eigenvalue weighted by atomic mass is 16.5. The Morgan fingerprint density at radius 2 is 1.64 bits per heavy atom. The molecule has 1 aliphatic heterocycles. The van der Waals surface area contributed by atoms with E-state index in [9.17, 15) is 19.5 Å². The Labute approximate surface area is 162 Å². The van der Waals surface area contributed by atoms with Crippen LogP contribution in [0.2, 0.25) is 0 Å². The molecule has 148 valence electrons. The Balaban J connectivity index is 1.65. The molecule has 8 nitrogen and oxygen atoms in total. The Morgan fingerprint density at radius 3 is 2.29 bits per heavy atom. The minimum atomic E-state index is -0.252. The molecular formula is C20H23N3O5. The maximum Gasteiger partial charge on any atom is 0.257 e. The molecule has 0 saturated carbocycles. The van der Waals surface area contributed by atoms with Gasteiger partial charge in [0.2, 0.25) is 0 Å². The topological polar surface area (TPSA) is 92.1 Å². The van der Waals surface area contributed by atoms with Crippen molar-refractivity contribution < 1.29 is 19.4 Å². The summed E-state index contributed by atoms with van der Waals surface area (Å²) >= 11 is 0. The van der Waals surface area contributed by atoms with Gasteiger partial charge in [-0.2, -0.15) is 0 Å². The molecule has 0 spiro atoms. The van der Waals surface area contributed by atoms with Crippen LogP contribution >= 0.6 is 0 Å². The van der Waals surface area contributed by atoms with Gasteiger partial charge in [-0.1, -0.05) is 12.1 Å². The number of phenols is 1. The first-order chi connectivity index (χ1) is 13.5. The van der Waals surface area contributed by atoms with Crippen LogP contribution in [-0.4, -0.2) is 71.2 Å². The van der Waals surface area contributed by atoms with Crippen LogP contribution in [0.25, 0.3) is 0 Å². The lowest BCUT2D eigenvalue weighted by Gasteiger charge is -2.35. The highest BCUT2D eigenvalue weighted by Crippen LogP contribution is 2.19. The SMILES string of the molecule is COCCn1cc(C(=O)N2CCN(C(=O)c3ccccc3O)CC2)ccc1=O. The molecule has 0 bridgehead atoms. The summed E-state index contributed by atoms with van der Waals surface area (Å²) in [5, 5.41) is 9.86.